The van der Waals surface area contributed by atoms with Crippen molar-refractivity contribution in [2.24, 2.45) is 11.7 Å². The van der Waals surface area contributed by atoms with Crippen LogP contribution in [0.25, 0.3) is 0 Å². The quantitative estimate of drug-likeness (QED) is 0.837. The summed E-state index contributed by atoms with van der Waals surface area (Å²) in [4.78, 5) is 2.47. The molecule has 1 aliphatic carbocycles. The van der Waals surface area contributed by atoms with Crippen molar-refractivity contribution in [3.05, 3.63) is 29.8 Å². The van der Waals surface area contributed by atoms with E-state index in [2.05, 4.69) is 50.1 Å². The van der Waals surface area contributed by atoms with Crippen LogP contribution in [0.15, 0.2) is 24.3 Å². The summed E-state index contributed by atoms with van der Waals surface area (Å²) in [5.41, 5.74) is 9.08. The van der Waals surface area contributed by atoms with Crippen LogP contribution in [-0.2, 0) is 0 Å². The van der Waals surface area contributed by atoms with E-state index in [1.165, 1.54) is 49.8 Å². The molecular weight excluding hydrogens is 244 g/mol. The highest BCUT2D eigenvalue weighted by Gasteiger charge is 2.35. The number of benzene rings is 1. The number of nitrogens with zero attached hydrogens (tertiary/aromatic N) is 1. The Morgan fingerprint density at radius 2 is 2.00 bits per heavy atom. The van der Waals surface area contributed by atoms with Crippen LogP contribution in [0.2, 0.25) is 0 Å². The molecule has 1 aliphatic rings. The maximum atomic E-state index is 6.24. The largest absolute Gasteiger partial charge is 0.367 e. The van der Waals surface area contributed by atoms with Crippen molar-refractivity contribution >= 4 is 5.69 Å². The molecule has 0 amide bonds. The fourth-order valence-electron chi connectivity index (χ4n) is 3.74. The summed E-state index contributed by atoms with van der Waals surface area (Å²) in [5, 5.41) is 0. The van der Waals surface area contributed by atoms with Crippen molar-refractivity contribution in [3.8, 4) is 0 Å². The lowest BCUT2D eigenvalue weighted by Gasteiger charge is -2.43. The van der Waals surface area contributed by atoms with E-state index in [0.717, 1.165) is 12.5 Å². The number of para-hydroxylation sites is 1. The Hall–Kier alpha value is -1.02. The minimum Gasteiger partial charge on any atom is -0.367 e. The fourth-order valence-corrected chi connectivity index (χ4v) is 3.74. The first-order valence-corrected chi connectivity index (χ1v) is 8.12. The van der Waals surface area contributed by atoms with Gasteiger partial charge in [-0.1, -0.05) is 44.4 Å². The molecular formula is C18H30N2. The highest BCUT2D eigenvalue weighted by Crippen LogP contribution is 2.37. The highest BCUT2D eigenvalue weighted by molar-refractivity contribution is 5.54. The first kappa shape index (κ1) is 15.4. The van der Waals surface area contributed by atoms with E-state index >= 15 is 0 Å². The third-order valence-corrected chi connectivity index (χ3v) is 5.42. The number of hydrogen-bond donors (Lipinski definition) is 1. The Labute approximate surface area is 124 Å². The highest BCUT2D eigenvalue weighted by atomic mass is 15.2. The summed E-state index contributed by atoms with van der Waals surface area (Å²) in [5.74, 6) is 0.897. The number of nitrogens with two attached hydrogens (primary N) is 1. The zero-order chi connectivity index (χ0) is 14.6. The van der Waals surface area contributed by atoms with Crippen LogP contribution in [-0.4, -0.2) is 19.1 Å². The van der Waals surface area contributed by atoms with E-state index in [4.69, 9.17) is 5.73 Å². The van der Waals surface area contributed by atoms with Gasteiger partial charge >= 0.3 is 0 Å². The molecule has 0 heterocycles. The number of anilines is 1. The Bertz CT molecular complexity index is 429. The first-order chi connectivity index (χ1) is 9.63. The van der Waals surface area contributed by atoms with Gasteiger partial charge in [-0.05, 0) is 43.7 Å². The molecule has 0 aliphatic heterocycles. The van der Waals surface area contributed by atoms with Crippen LogP contribution in [0, 0.1) is 12.8 Å². The van der Waals surface area contributed by atoms with Crippen LogP contribution in [0.3, 0.4) is 0 Å². The molecule has 0 radical (unpaired) electrons. The van der Waals surface area contributed by atoms with Crippen LogP contribution in [0.1, 0.15) is 51.0 Å². The van der Waals surface area contributed by atoms with Crippen LogP contribution < -0.4 is 10.6 Å². The smallest absolute Gasteiger partial charge is 0.0521 e. The second-order valence-corrected chi connectivity index (χ2v) is 6.48. The predicted molar refractivity (Wildman–Crippen MR) is 88.2 cm³/mol. The summed E-state index contributed by atoms with van der Waals surface area (Å²) in [7, 11) is 2.24. The molecule has 0 bridgehead atoms. The standard InChI is InChI=1S/C18H30N2/c1-4-16-9-7-12-18(14-19,13-11-16)20(3)17-10-6-5-8-15(17)2/h5-6,8,10,16H,4,7,9,11-14,19H2,1-3H3. The van der Waals surface area contributed by atoms with E-state index in [1.54, 1.807) is 0 Å². The number of likely N-dealkylation sites (N-methyl/N-ethyl adjacent to an activating group) is 1. The maximum absolute atomic E-state index is 6.24. The van der Waals surface area contributed by atoms with Gasteiger partial charge in [-0.25, -0.2) is 0 Å². The number of hydrogen-bond acceptors (Lipinski definition) is 2. The van der Waals surface area contributed by atoms with Gasteiger partial charge in [0.15, 0.2) is 0 Å². The van der Waals surface area contributed by atoms with Crippen molar-refractivity contribution in [1.82, 2.24) is 0 Å². The molecule has 0 saturated heterocycles. The second-order valence-electron chi connectivity index (χ2n) is 6.48. The molecule has 2 nitrogen and oxygen atoms in total. The Balaban J connectivity index is 2.24. The topological polar surface area (TPSA) is 29.3 Å². The van der Waals surface area contributed by atoms with Gasteiger partial charge in [0.1, 0.15) is 0 Å². The average Bonchev–Trinajstić information content (AvgIpc) is 2.70. The molecule has 2 unspecified atom stereocenters. The van der Waals surface area contributed by atoms with Gasteiger partial charge in [0, 0.05) is 19.3 Å². The van der Waals surface area contributed by atoms with Gasteiger partial charge in [-0.2, -0.15) is 0 Å². The average molecular weight is 274 g/mol. The zero-order valence-corrected chi connectivity index (χ0v) is 13.4. The number of aryl methyl sites for hydroxylation is 1. The molecule has 2 atom stereocenters. The van der Waals surface area contributed by atoms with Crippen molar-refractivity contribution in [2.45, 2.75) is 57.9 Å². The molecule has 0 aromatic heterocycles. The second kappa shape index (κ2) is 6.62. The summed E-state index contributed by atoms with van der Waals surface area (Å²) in [6.45, 7) is 5.28. The van der Waals surface area contributed by atoms with Crippen LogP contribution in [0.5, 0.6) is 0 Å². The van der Waals surface area contributed by atoms with E-state index in [0.29, 0.717) is 0 Å². The summed E-state index contributed by atoms with van der Waals surface area (Å²) in [6.07, 6.45) is 7.78. The molecule has 1 aromatic rings. The minimum absolute atomic E-state index is 0.149. The molecule has 1 saturated carbocycles. The summed E-state index contributed by atoms with van der Waals surface area (Å²) < 4.78 is 0. The SMILES string of the molecule is CCC1CCCC(CN)(N(C)c2ccccc2C)CC1. The van der Waals surface area contributed by atoms with Crippen molar-refractivity contribution < 1.29 is 0 Å². The molecule has 2 heteroatoms. The third-order valence-electron chi connectivity index (χ3n) is 5.42. The molecule has 2 N–H and O–H groups in total. The number of rotatable bonds is 4. The van der Waals surface area contributed by atoms with E-state index in [-0.39, 0.29) is 5.54 Å². The normalized spacial score (nSPS) is 27.1. The lowest BCUT2D eigenvalue weighted by atomic mass is 9.87. The Morgan fingerprint density at radius 3 is 2.65 bits per heavy atom. The van der Waals surface area contributed by atoms with Crippen molar-refractivity contribution in [2.75, 3.05) is 18.5 Å². The van der Waals surface area contributed by atoms with E-state index in [9.17, 15) is 0 Å². The predicted octanol–water partition coefficient (Wildman–Crippen LogP) is 4.12. The molecule has 20 heavy (non-hydrogen) atoms. The van der Waals surface area contributed by atoms with Gasteiger partial charge in [0.25, 0.3) is 0 Å². The third kappa shape index (κ3) is 3.01. The van der Waals surface area contributed by atoms with Gasteiger partial charge in [-0.3, -0.25) is 0 Å². The van der Waals surface area contributed by atoms with Gasteiger partial charge < -0.3 is 10.6 Å². The van der Waals surface area contributed by atoms with E-state index < -0.39 is 0 Å². The van der Waals surface area contributed by atoms with E-state index in [1.807, 2.05) is 0 Å². The lowest BCUT2D eigenvalue weighted by Crippen LogP contribution is -2.52. The Kier molecular flexibility index (Phi) is 5.09. The summed E-state index contributed by atoms with van der Waals surface area (Å²) >= 11 is 0. The van der Waals surface area contributed by atoms with Crippen molar-refractivity contribution in [1.29, 1.82) is 0 Å². The summed E-state index contributed by atoms with van der Waals surface area (Å²) in [6, 6.07) is 8.67. The maximum Gasteiger partial charge on any atom is 0.0521 e. The zero-order valence-electron chi connectivity index (χ0n) is 13.4. The fraction of sp³-hybridized carbons (Fsp3) is 0.667. The van der Waals surface area contributed by atoms with Gasteiger partial charge in [0.2, 0.25) is 0 Å². The molecule has 0 spiro atoms. The molecule has 1 fully saturated rings. The minimum atomic E-state index is 0.149. The molecule has 112 valence electrons. The molecule has 2 rings (SSSR count). The first-order valence-electron chi connectivity index (χ1n) is 8.12. The van der Waals surface area contributed by atoms with Crippen molar-refractivity contribution in [3.63, 3.8) is 0 Å². The van der Waals surface area contributed by atoms with Crippen LogP contribution >= 0.6 is 0 Å². The lowest BCUT2D eigenvalue weighted by molar-refractivity contribution is 0.352. The van der Waals surface area contributed by atoms with Gasteiger partial charge in [0.05, 0.1) is 5.54 Å². The Morgan fingerprint density at radius 1 is 1.25 bits per heavy atom. The van der Waals surface area contributed by atoms with Crippen LogP contribution in [0.4, 0.5) is 5.69 Å². The van der Waals surface area contributed by atoms with Gasteiger partial charge in [-0.15, -0.1) is 0 Å². The monoisotopic (exact) mass is 274 g/mol. The molecule has 1 aromatic carbocycles.